The highest BCUT2D eigenvalue weighted by Crippen LogP contribution is 2.45. The first kappa shape index (κ1) is 28.3. The summed E-state index contributed by atoms with van der Waals surface area (Å²) in [5.41, 5.74) is 3.85. The topological polar surface area (TPSA) is 121 Å². The van der Waals surface area contributed by atoms with Gasteiger partial charge < -0.3 is 29.9 Å². The van der Waals surface area contributed by atoms with E-state index in [1.807, 2.05) is 42.5 Å². The number of amides is 1. The molecule has 9 heteroatoms. The third-order valence-corrected chi connectivity index (χ3v) is 7.94. The van der Waals surface area contributed by atoms with E-state index in [0.717, 1.165) is 66.9 Å². The van der Waals surface area contributed by atoms with Gasteiger partial charge in [0.15, 0.2) is 0 Å². The number of rotatable bonds is 14. The zero-order valence-corrected chi connectivity index (χ0v) is 23.1. The molecule has 2 aliphatic rings. The number of nitrogens with zero attached hydrogens (tertiary/aromatic N) is 2. The second-order valence-electron chi connectivity index (χ2n) is 10.8. The number of pyridine rings is 1. The average Bonchev–Trinajstić information content (AvgIpc) is 3.83. The minimum absolute atomic E-state index is 0.0149. The quantitative estimate of drug-likeness (QED) is 0.190. The molecule has 41 heavy (non-hydrogen) atoms. The van der Waals surface area contributed by atoms with Crippen LogP contribution in [0.5, 0.6) is 17.4 Å². The summed E-state index contributed by atoms with van der Waals surface area (Å²) in [7, 11) is 0. The van der Waals surface area contributed by atoms with Crippen LogP contribution in [0.1, 0.15) is 43.6 Å². The maximum Gasteiger partial charge on any atom is 0.303 e. The van der Waals surface area contributed by atoms with Crippen LogP contribution in [0.25, 0.3) is 11.1 Å². The third kappa shape index (κ3) is 7.48. The summed E-state index contributed by atoms with van der Waals surface area (Å²) in [6.45, 7) is 2.95. The number of aliphatic carboxylic acids is 1. The molecule has 0 radical (unpaired) electrons. The number of phenolic OH excluding ortho intramolecular Hbond substituents is 1. The second kappa shape index (κ2) is 13.4. The van der Waals surface area contributed by atoms with Crippen LogP contribution < -0.4 is 19.7 Å². The minimum Gasteiger partial charge on any atom is -0.508 e. The monoisotopic (exact) mass is 559 g/mol. The molecule has 1 atom stereocenters. The largest absolute Gasteiger partial charge is 0.508 e. The Hall–Kier alpha value is -4.27. The summed E-state index contributed by atoms with van der Waals surface area (Å²) in [4.78, 5) is 28.6. The molecule has 1 saturated heterocycles. The van der Waals surface area contributed by atoms with Gasteiger partial charge in [-0.3, -0.25) is 9.59 Å². The van der Waals surface area contributed by atoms with Crippen molar-refractivity contribution in [1.82, 2.24) is 10.3 Å². The Balaban J connectivity index is 1.21. The van der Waals surface area contributed by atoms with E-state index in [1.165, 1.54) is 0 Å². The van der Waals surface area contributed by atoms with Crippen molar-refractivity contribution in [1.29, 1.82) is 0 Å². The predicted octanol–water partition coefficient (Wildman–Crippen LogP) is 4.84. The average molecular weight is 560 g/mol. The van der Waals surface area contributed by atoms with Crippen LogP contribution in [-0.4, -0.2) is 60.4 Å². The van der Waals surface area contributed by atoms with Gasteiger partial charge in [-0.2, -0.15) is 0 Å². The standard InChI is InChI=1S/C32H37N3O6/c36-21-33-13-16-40-30-4-2-1-3-27(30)26-8-7-25(37)18-29(26)35-14-10-22(11-15-35)20-41-31-17-24(9-12-34-31)28(19-32(38)39)23-5-6-23/h1-4,7-9,12,17-18,21-23,28,37H,5-6,10-11,13-16,19-20H2,(H,33,36)(H,38,39). The SMILES string of the molecule is O=CNCCOc1ccccc1-c1ccc(O)cc1N1CCC(COc2cc(C(CC(=O)O)C3CC3)ccn2)CC1. The molecule has 5 rings (SSSR count). The van der Waals surface area contributed by atoms with Crippen LogP contribution in [0, 0.1) is 11.8 Å². The maximum atomic E-state index is 11.4. The van der Waals surface area contributed by atoms with Gasteiger partial charge in [0.2, 0.25) is 12.3 Å². The number of carbonyl (C=O) groups excluding carboxylic acids is 1. The van der Waals surface area contributed by atoms with Crippen molar-refractivity contribution in [2.24, 2.45) is 11.8 Å². The molecular formula is C32H37N3O6. The lowest BCUT2D eigenvalue weighted by molar-refractivity contribution is -0.137. The number of aromatic nitrogens is 1. The first-order valence-corrected chi connectivity index (χ1v) is 14.3. The number of carbonyl (C=O) groups is 2. The van der Waals surface area contributed by atoms with Crippen molar-refractivity contribution >= 4 is 18.1 Å². The van der Waals surface area contributed by atoms with Gasteiger partial charge in [0.1, 0.15) is 18.1 Å². The Kier molecular flexibility index (Phi) is 9.23. The summed E-state index contributed by atoms with van der Waals surface area (Å²) >= 11 is 0. The molecule has 0 bridgehead atoms. The number of hydrogen-bond donors (Lipinski definition) is 3. The molecule has 1 aromatic heterocycles. The fourth-order valence-corrected chi connectivity index (χ4v) is 5.62. The molecule has 2 heterocycles. The Morgan fingerprint density at radius 1 is 1.05 bits per heavy atom. The number of para-hydroxylation sites is 1. The van der Waals surface area contributed by atoms with Gasteiger partial charge in [0, 0.05) is 48.2 Å². The Morgan fingerprint density at radius 2 is 1.85 bits per heavy atom. The predicted molar refractivity (Wildman–Crippen MR) is 155 cm³/mol. The zero-order valence-electron chi connectivity index (χ0n) is 23.1. The van der Waals surface area contributed by atoms with Gasteiger partial charge in [-0.15, -0.1) is 0 Å². The minimum atomic E-state index is -0.772. The molecule has 3 aromatic rings. The lowest BCUT2D eigenvalue weighted by atomic mass is 9.92. The van der Waals surface area contributed by atoms with Crippen LogP contribution in [0.15, 0.2) is 60.8 Å². The number of ether oxygens (including phenoxy) is 2. The summed E-state index contributed by atoms with van der Waals surface area (Å²) < 4.78 is 12.1. The maximum absolute atomic E-state index is 11.4. The number of piperidine rings is 1. The number of benzene rings is 2. The van der Waals surface area contributed by atoms with Crippen molar-refractivity contribution < 1.29 is 29.3 Å². The molecule has 216 valence electrons. The molecule has 2 aromatic carbocycles. The number of aromatic hydroxyl groups is 1. The fourth-order valence-electron chi connectivity index (χ4n) is 5.62. The van der Waals surface area contributed by atoms with Crippen LogP contribution in [0.2, 0.25) is 0 Å². The van der Waals surface area contributed by atoms with Crippen molar-refractivity contribution in [2.45, 2.75) is 38.0 Å². The fraction of sp³-hybridized carbons (Fsp3) is 0.406. The van der Waals surface area contributed by atoms with Gasteiger partial charge >= 0.3 is 5.97 Å². The highest BCUT2D eigenvalue weighted by molar-refractivity contribution is 5.83. The third-order valence-electron chi connectivity index (χ3n) is 7.94. The molecule has 1 aliphatic carbocycles. The molecule has 0 spiro atoms. The van der Waals surface area contributed by atoms with Gasteiger partial charge in [-0.1, -0.05) is 18.2 Å². The molecule has 1 saturated carbocycles. The van der Waals surface area contributed by atoms with Crippen LogP contribution in [-0.2, 0) is 9.59 Å². The smallest absolute Gasteiger partial charge is 0.303 e. The van der Waals surface area contributed by atoms with E-state index >= 15 is 0 Å². The highest BCUT2D eigenvalue weighted by atomic mass is 16.5. The van der Waals surface area contributed by atoms with Crippen LogP contribution in [0.4, 0.5) is 5.69 Å². The normalized spacial score (nSPS) is 16.1. The van der Waals surface area contributed by atoms with Gasteiger partial charge in [0.25, 0.3) is 0 Å². The molecule has 1 amide bonds. The molecule has 3 N–H and O–H groups in total. The lowest BCUT2D eigenvalue weighted by Crippen LogP contribution is -2.35. The van der Waals surface area contributed by atoms with Crippen LogP contribution in [0.3, 0.4) is 0 Å². The second-order valence-corrected chi connectivity index (χ2v) is 10.8. The summed E-state index contributed by atoms with van der Waals surface area (Å²) in [5.74, 6) is 1.52. The number of hydrogen-bond acceptors (Lipinski definition) is 7. The van der Waals surface area contributed by atoms with E-state index in [4.69, 9.17) is 9.47 Å². The number of nitrogens with one attached hydrogen (secondary N) is 1. The van der Waals surface area contributed by atoms with E-state index in [9.17, 15) is 19.8 Å². The van der Waals surface area contributed by atoms with E-state index in [0.29, 0.717) is 43.9 Å². The van der Waals surface area contributed by atoms with Crippen LogP contribution >= 0.6 is 0 Å². The molecular weight excluding hydrogens is 522 g/mol. The van der Waals surface area contributed by atoms with Crippen molar-refractivity contribution in [3.05, 3.63) is 66.4 Å². The van der Waals surface area contributed by atoms with Crippen molar-refractivity contribution in [2.75, 3.05) is 37.7 Å². The summed E-state index contributed by atoms with van der Waals surface area (Å²) in [6, 6.07) is 17.0. The lowest BCUT2D eigenvalue weighted by Gasteiger charge is -2.35. The van der Waals surface area contributed by atoms with Gasteiger partial charge in [-0.05, 0) is 73.3 Å². The number of carboxylic acid groups (broad SMARTS) is 1. The molecule has 2 fully saturated rings. The zero-order chi connectivity index (χ0) is 28.6. The van der Waals surface area contributed by atoms with Crippen molar-refractivity contribution in [3.63, 3.8) is 0 Å². The first-order chi connectivity index (χ1) is 20.0. The van der Waals surface area contributed by atoms with Crippen molar-refractivity contribution in [3.8, 4) is 28.5 Å². The van der Waals surface area contributed by atoms with E-state index in [-0.39, 0.29) is 18.1 Å². The Morgan fingerprint density at radius 3 is 2.61 bits per heavy atom. The molecule has 1 unspecified atom stereocenters. The van der Waals surface area contributed by atoms with Gasteiger partial charge in [0.05, 0.1) is 19.6 Å². The summed E-state index contributed by atoms with van der Waals surface area (Å²) in [6.07, 6.45) is 6.51. The van der Waals surface area contributed by atoms with E-state index < -0.39 is 5.97 Å². The summed E-state index contributed by atoms with van der Waals surface area (Å²) in [5, 5.41) is 22.3. The number of anilines is 1. The van der Waals surface area contributed by atoms with E-state index in [2.05, 4.69) is 15.2 Å². The number of carboxylic acids is 1. The highest BCUT2D eigenvalue weighted by Gasteiger charge is 2.34. The Labute approximate surface area is 240 Å². The molecule has 9 nitrogen and oxygen atoms in total. The first-order valence-electron chi connectivity index (χ1n) is 14.3. The van der Waals surface area contributed by atoms with Gasteiger partial charge in [-0.25, -0.2) is 4.98 Å². The van der Waals surface area contributed by atoms with E-state index in [1.54, 1.807) is 18.3 Å². The molecule has 1 aliphatic heterocycles. The number of phenols is 1. The Bertz CT molecular complexity index is 1340.